The molecule has 1 rings (SSSR count). The fraction of sp³-hybridized carbons (Fsp3) is 0.500. The summed E-state index contributed by atoms with van der Waals surface area (Å²) in [5.41, 5.74) is 5.01. The lowest BCUT2D eigenvalue weighted by molar-refractivity contribution is -0.118. The van der Waals surface area contributed by atoms with Gasteiger partial charge < -0.3 is 15.5 Å². The number of carbonyl (C=O) groups is 1. The van der Waals surface area contributed by atoms with Gasteiger partial charge in [0.15, 0.2) is 0 Å². The molecule has 0 spiro atoms. The van der Waals surface area contributed by atoms with E-state index in [1.165, 1.54) is 0 Å². The molecule has 78 valence electrons. The van der Waals surface area contributed by atoms with Gasteiger partial charge in [-0.05, 0) is 31.5 Å². The number of unbranched alkanes of at least 4 members (excludes halogenated alkanes) is 1. The minimum atomic E-state index is -0.226. The van der Waals surface area contributed by atoms with Gasteiger partial charge in [0.05, 0.1) is 12.8 Å². The monoisotopic (exact) mass is 196 g/mol. The third-order valence-corrected chi connectivity index (χ3v) is 1.91. The molecule has 0 aromatic carbocycles. The van der Waals surface area contributed by atoms with Gasteiger partial charge in [-0.25, -0.2) is 0 Å². The van der Waals surface area contributed by atoms with Gasteiger partial charge in [-0.3, -0.25) is 4.79 Å². The first-order valence-electron chi connectivity index (χ1n) is 4.80. The summed E-state index contributed by atoms with van der Waals surface area (Å²) >= 11 is 0. The Bertz CT molecular complexity index is 257. The van der Waals surface area contributed by atoms with Crippen molar-refractivity contribution in [2.45, 2.75) is 25.8 Å². The average Bonchev–Trinajstić information content (AvgIpc) is 2.63. The molecule has 0 saturated carbocycles. The van der Waals surface area contributed by atoms with E-state index in [0.29, 0.717) is 6.42 Å². The van der Waals surface area contributed by atoms with Crippen LogP contribution in [0.2, 0.25) is 0 Å². The van der Waals surface area contributed by atoms with Crippen LogP contribution in [-0.2, 0) is 11.3 Å². The molecule has 0 unspecified atom stereocenters. The zero-order chi connectivity index (χ0) is 10.2. The maximum absolute atomic E-state index is 10.4. The van der Waals surface area contributed by atoms with E-state index in [0.717, 1.165) is 31.7 Å². The molecule has 0 radical (unpaired) electrons. The highest BCUT2D eigenvalue weighted by Crippen LogP contribution is 1.99. The Morgan fingerprint density at radius 1 is 1.50 bits per heavy atom. The zero-order valence-corrected chi connectivity index (χ0v) is 8.16. The van der Waals surface area contributed by atoms with Gasteiger partial charge in [0.1, 0.15) is 5.76 Å². The quantitative estimate of drug-likeness (QED) is 0.640. The summed E-state index contributed by atoms with van der Waals surface area (Å²) in [7, 11) is 0. The first-order valence-corrected chi connectivity index (χ1v) is 4.80. The number of hydrogen-bond acceptors (Lipinski definition) is 3. The van der Waals surface area contributed by atoms with Gasteiger partial charge in [-0.1, -0.05) is 0 Å². The number of nitrogens with one attached hydrogen (secondary N) is 1. The molecule has 4 nitrogen and oxygen atoms in total. The summed E-state index contributed by atoms with van der Waals surface area (Å²) in [6.07, 6.45) is 3.94. The van der Waals surface area contributed by atoms with E-state index in [4.69, 9.17) is 10.2 Å². The Morgan fingerprint density at radius 2 is 2.36 bits per heavy atom. The van der Waals surface area contributed by atoms with E-state index in [1.54, 1.807) is 6.26 Å². The Hall–Kier alpha value is -1.29. The van der Waals surface area contributed by atoms with Gasteiger partial charge in [-0.15, -0.1) is 0 Å². The highest BCUT2D eigenvalue weighted by Gasteiger charge is 1.96. The lowest BCUT2D eigenvalue weighted by Gasteiger charge is -2.01. The molecule has 0 aliphatic heterocycles. The van der Waals surface area contributed by atoms with Crippen LogP contribution in [0, 0.1) is 0 Å². The third-order valence-electron chi connectivity index (χ3n) is 1.91. The molecule has 1 heterocycles. The maximum atomic E-state index is 10.4. The summed E-state index contributed by atoms with van der Waals surface area (Å²) in [4.78, 5) is 10.4. The van der Waals surface area contributed by atoms with Crippen LogP contribution in [-0.4, -0.2) is 12.5 Å². The van der Waals surface area contributed by atoms with Crippen molar-refractivity contribution in [1.82, 2.24) is 5.32 Å². The minimum absolute atomic E-state index is 0.226. The Balaban J connectivity index is 1.92. The first-order chi connectivity index (χ1) is 6.79. The van der Waals surface area contributed by atoms with Crippen molar-refractivity contribution in [3.05, 3.63) is 24.2 Å². The van der Waals surface area contributed by atoms with Gasteiger partial charge in [0.2, 0.25) is 5.91 Å². The second-order valence-electron chi connectivity index (χ2n) is 3.18. The molecular weight excluding hydrogens is 180 g/mol. The molecule has 0 aliphatic rings. The summed E-state index contributed by atoms with van der Waals surface area (Å²) < 4.78 is 5.14. The van der Waals surface area contributed by atoms with Gasteiger partial charge in [0.25, 0.3) is 0 Å². The van der Waals surface area contributed by atoms with Crippen molar-refractivity contribution >= 4 is 5.91 Å². The molecule has 0 saturated heterocycles. The van der Waals surface area contributed by atoms with E-state index in [-0.39, 0.29) is 5.91 Å². The highest BCUT2D eigenvalue weighted by molar-refractivity contribution is 5.73. The van der Waals surface area contributed by atoms with Crippen molar-refractivity contribution in [3.8, 4) is 0 Å². The van der Waals surface area contributed by atoms with Crippen LogP contribution in [0.4, 0.5) is 0 Å². The van der Waals surface area contributed by atoms with Gasteiger partial charge in [0, 0.05) is 6.42 Å². The van der Waals surface area contributed by atoms with Gasteiger partial charge in [-0.2, -0.15) is 0 Å². The standard InChI is InChI=1S/C10H16N2O2/c11-10(13)5-1-2-6-12-8-9-4-3-7-14-9/h3-4,7,12H,1-2,5-6,8H2,(H2,11,13). The van der Waals surface area contributed by atoms with E-state index >= 15 is 0 Å². The number of nitrogens with two attached hydrogens (primary N) is 1. The number of hydrogen-bond donors (Lipinski definition) is 2. The normalized spacial score (nSPS) is 10.3. The number of primary amides is 1. The van der Waals surface area contributed by atoms with Crippen LogP contribution in [0.3, 0.4) is 0 Å². The lowest BCUT2D eigenvalue weighted by atomic mass is 10.2. The maximum Gasteiger partial charge on any atom is 0.217 e. The molecule has 0 fully saturated rings. The molecule has 1 aromatic heterocycles. The predicted molar refractivity (Wildman–Crippen MR) is 53.5 cm³/mol. The highest BCUT2D eigenvalue weighted by atomic mass is 16.3. The number of carbonyl (C=O) groups excluding carboxylic acids is 1. The first kappa shape index (κ1) is 10.8. The molecule has 0 atom stereocenters. The summed E-state index contributed by atoms with van der Waals surface area (Å²) in [5, 5.41) is 3.22. The molecule has 0 bridgehead atoms. The molecule has 14 heavy (non-hydrogen) atoms. The Labute approximate surface area is 83.5 Å². The predicted octanol–water partition coefficient (Wildman–Crippen LogP) is 1.02. The van der Waals surface area contributed by atoms with E-state index in [1.807, 2.05) is 12.1 Å². The molecule has 1 amide bonds. The minimum Gasteiger partial charge on any atom is -0.468 e. The van der Waals surface area contributed by atoms with Gasteiger partial charge >= 0.3 is 0 Å². The van der Waals surface area contributed by atoms with Crippen LogP contribution in [0.5, 0.6) is 0 Å². The summed E-state index contributed by atoms with van der Waals surface area (Å²) in [6, 6.07) is 3.79. The van der Waals surface area contributed by atoms with Crippen molar-refractivity contribution in [3.63, 3.8) is 0 Å². The fourth-order valence-electron chi connectivity index (χ4n) is 1.17. The topological polar surface area (TPSA) is 68.3 Å². The van der Waals surface area contributed by atoms with Crippen molar-refractivity contribution in [2.24, 2.45) is 5.73 Å². The van der Waals surface area contributed by atoms with E-state index < -0.39 is 0 Å². The fourth-order valence-corrected chi connectivity index (χ4v) is 1.17. The Morgan fingerprint density at radius 3 is 3.00 bits per heavy atom. The molecule has 3 N–H and O–H groups in total. The van der Waals surface area contributed by atoms with Crippen LogP contribution in [0.25, 0.3) is 0 Å². The van der Waals surface area contributed by atoms with Crippen LogP contribution >= 0.6 is 0 Å². The largest absolute Gasteiger partial charge is 0.468 e. The van der Waals surface area contributed by atoms with Crippen molar-refractivity contribution in [2.75, 3.05) is 6.54 Å². The SMILES string of the molecule is NC(=O)CCCCNCc1ccco1. The summed E-state index contributed by atoms with van der Waals surface area (Å²) in [6.45, 7) is 1.62. The van der Waals surface area contributed by atoms with Crippen molar-refractivity contribution in [1.29, 1.82) is 0 Å². The molecule has 1 aromatic rings. The van der Waals surface area contributed by atoms with Crippen LogP contribution < -0.4 is 11.1 Å². The van der Waals surface area contributed by atoms with E-state index in [9.17, 15) is 4.79 Å². The summed E-state index contributed by atoms with van der Waals surface area (Å²) in [5.74, 6) is 0.705. The van der Waals surface area contributed by atoms with Crippen molar-refractivity contribution < 1.29 is 9.21 Å². The molecular formula is C10H16N2O2. The second-order valence-corrected chi connectivity index (χ2v) is 3.18. The van der Waals surface area contributed by atoms with Crippen LogP contribution in [0.1, 0.15) is 25.0 Å². The average molecular weight is 196 g/mol. The number of rotatable bonds is 7. The smallest absolute Gasteiger partial charge is 0.217 e. The Kier molecular flexibility index (Phi) is 4.78. The van der Waals surface area contributed by atoms with E-state index in [2.05, 4.69) is 5.32 Å². The number of furan rings is 1. The zero-order valence-electron chi connectivity index (χ0n) is 8.16. The second kappa shape index (κ2) is 6.21. The number of amides is 1. The molecule has 0 aliphatic carbocycles. The molecule has 4 heteroatoms. The lowest BCUT2D eigenvalue weighted by Crippen LogP contribution is -2.15. The third kappa shape index (κ3) is 4.67. The van der Waals surface area contributed by atoms with Crippen LogP contribution in [0.15, 0.2) is 22.8 Å².